The van der Waals surface area contributed by atoms with E-state index in [9.17, 15) is 4.79 Å². The molecule has 0 aliphatic carbocycles. The minimum Gasteiger partial charge on any atom is -0.453 e. The van der Waals surface area contributed by atoms with E-state index < -0.39 is 0 Å². The monoisotopic (exact) mass is 338 g/mol. The molecule has 2 heteroatoms. The Morgan fingerprint density at radius 3 is 1.76 bits per heavy atom. The van der Waals surface area contributed by atoms with Gasteiger partial charge >= 0.3 is 5.97 Å². The Kier molecular flexibility index (Phi) is 8.82. The molecule has 0 atom stereocenters. The van der Waals surface area contributed by atoms with Gasteiger partial charge in [0.25, 0.3) is 0 Å². The molecule has 25 heavy (non-hydrogen) atoms. The van der Waals surface area contributed by atoms with Crippen LogP contribution in [0.25, 0.3) is 0 Å². The highest BCUT2D eigenvalue weighted by molar-refractivity contribution is 5.70. The molecule has 2 rings (SSSR count). The minimum absolute atomic E-state index is 0.105. The molecule has 0 aliphatic heterocycles. The van der Waals surface area contributed by atoms with Crippen molar-refractivity contribution in [2.45, 2.75) is 64.4 Å². The third kappa shape index (κ3) is 7.13. The predicted octanol–water partition coefficient (Wildman–Crippen LogP) is 6.46. The number of unbranched alkanes of at least 4 members (excludes halogenated alkanes) is 6. The lowest BCUT2D eigenvalue weighted by atomic mass is 10.0. The van der Waals surface area contributed by atoms with E-state index in [0.717, 1.165) is 24.0 Å². The summed E-state index contributed by atoms with van der Waals surface area (Å²) >= 11 is 0. The minimum atomic E-state index is -0.320. The first-order valence-electron chi connectivity index (χ1n) is 9.60. The normalized spacial score (nSPS) is 10.8. The Bertz CT molecular complexity index is 553. The van der Waals surface area contributed by atoms with E-state index >= 15 is 0 Å². The Morgan fingerprint density at radius 2 is 1.24 bits per heavy atom. The van der Waals surface area contributed by atoms with Crippen molar-refractivity contribution in [2.24, 2.45) is 0 Å². The fourth-order valence-electron chi connectivity index (χ4n) is 3.00. The second-order valence-electron chi connectivity index (χ2n) is 6.56. The smallest absolute Gasteiger partial charge is 0.306 e. The molecule has 0 aromatic heterocycles. The number of hydrogen-bond acceptors (Lipinski definition) is 2. The molecule has 0 N–H and O–H groups in total. The van der Waals surface area contributed by atoms with Gasteiger partial charge in [0.2, 0.25) is 0 Å². The zero-order valence-electron chi connectivity index (χ0n) is 15.3. The van der Waals surface area contributed by atoms with E-state index in [1.54, 1.807) is 0 Å². The Hall–Kier alpha value is -2.09. The van der Waals surface area contributed by atoms with Crippen LogP contribution in [0.1, 0.15) is 75.5 Å². The van der Waals surface area contributed by atoms with Crippen LogP contribution in [0.3, 0.4) is 0 Å². The second kappa shape index (κ2) is 11.5. The van der Waals surface area contributed by atoms with Gasteiger partial charge in [0.1, 0.15) is 0 Å². The summed E-state index contributed by atoms with van der Waals surface area (Å²) in [4.78, 5) is 12.3. The molecule has 0 aliphatic rings. The van der Waals surface area contributed by atoms with Gasteiger partial charge in [-0.1, -0.05) is 106 Å². The highest BCUT2D eigenvalue weighted by Gasteiger charge is 2.18. The molecule has 0 saturated carbocycles. The summed E-state index contributed by atoms with van der Waals surface area (Å²) in [5.41, 5.74) is 2.03. The van der Waals surface area contributed by atoms with Crippen LogP contribution >= 0.6 is 0 Å². The summed E-state index contributed by atoms with van der Waals surface area (Å²) in [6, 6.07) is 19.9. The lowest BCUT2D eigenvalue weighted by Crippen LogP contribution is -2.12. The van der Waals surface area contributed by atoms with Crippen LogP contribution in [0.5, 0.6) is 0 Å². The molecule has 0 unspecified atom stereocenters. The fourth-order valence-corrected chi connectivity index (χ4v) is 3.00. The number of ether oxygens (including phenoxy) is 1. The van der Waals surface area contributed by atoms with E-state index in [1.807, 2.05) is 60.7 Å². The number of benzene rings is 2. The maximum absolute atomic E-state index is 12.3. The van der Waals surface area contributed by atoms with E-state index in [0.29, 0.717) is 6.42 Å². The third-order valence-electron chi connectivity index (χ3n) is 4.44. The van der Waals surface area contributed by atoms with Crippen molar-refractivity contribution in [3.05, 3.63) is 71.8 Å². The Labute approximate surface area is 152 Å². The van der Waals surface area contributed by atoms with Crippen LogP contribution < -0.4 is 0 Å². The molecule has 0 radical (unpaired) electrons. The second-order valence-corrected chi connectivity index (χ2v) is 6.56. The van der Waals surface area contributed by atoms with E-state index in [4.69, 9.17) is 4.74 Å². The molecule has 0 fully saturated rings. The molecule has 2 nitrogen and oxygen atoms in total. The largest absolute Gasteiger partial charge is 0.453 e. The van der Waals surface area contributed by atoms with Crippen molar-refractivity contribution in [2.75, 3.05) is 0 Å². The van der Waals surface area contributed by atoms with Gasteiger partial charge in [-0.2, -0.15) is 0 Å². The lowest BCUT2D eigenvalue weighted by molar-refractivity contribution is -0.147. The van der Waals surface area contributed by atoms with Gasteiger partial charge in [-0.05, 0) is 17.5 Å². The van der Waals surface area contributed by atoms with Gasteiger partial charge in [0.15, 0.2) is 6.10 Å². The van der Waals surface area contributed by atoms with Crippen LogP contribution in [0.15, 0.2) is 60.7 Å². The van der Waals surface area contributed by atoms with Gasteiger partial charge in [0.05, 0.1) is 0 Å². The average Bonchev–Trinajstić information content (AvgIpc) is 2.67. The SMILES string of the molecule is CCCCCCCCCC(=O)OC(c1ccccc1)c1ccccc1. The molecule has 134 valence electrons. The summed E-state index contributed by atoms with van der Waals surface area (Å²) in [6.45, 7) is 2.23. The maximum Gasteiger partial charge on any atom is 0.306 e. The van der Waals surface area contributed by atoms with E-state index in [2.05, 4.69) is 6.92 Å². The molecule has 0 saturated heterocycles. The number of esters is 1. The Balaban J connectivity index is 1.84. The predicted molar refractivity (Wildman–Crippen MR) is 103 cm³/mol. The fraction of sp³-hybridized carbons (Fsp3) is 0.435. The highest BCUT2D eigenvalue weighted by atomic mass is 16.5. The van der Waals surface area contributed by atoms with Crippen LogP contribution in [0, 0.1) is 0 Å². The zero-order valence-corrected chi connectivity index (χ0v) is 15.3. The maximum atomic E-state index is 12.3. The number of carbonyl (C=O) groups excluding carboxylic acids is 1. The van der Waals surface area contributed by atoms with Gasteiger partial charge in [-0.3, -0.25) is 4.79 Å². The van der Waals surface area contributed by atoms with Crippen LogP contribution in [0.4, 0.5) is 0 Å². The number of rotatable bonds is 11. The standard InChI is InChI=1S/C23H30O2/c1-2-3-4-5-6-7-14-19-22(24)25-23(20-15-10-8-11-16-20)21-17-12-9-13-18-21/h8-13,15-18,23H,2-7,14,19H2,1H3. The summed E-state index contributed by atoms with van der Waals surface area (Å²) in [5, 5.41) is 0. The van der Waals surface area contributed by atoms with Crippen LogP contribution in [-0.2, 0) is 9.53 Å². The molecular weight excluding hydrogens is 308 g/mol. The van der Waals surface area contributed by atoms with Gasteiger partial charge < -0.3 is 4.74 Å². The van der Waals surface area contributed by atoms with Crippen molar-refractivity contribution in [3.8, 4) is 0 Å². The van der Waals surface area contributed by atoms with Crippen molar-refractivity contribution in [1.82, 2.24) is 0 Å². The summed E-state index contributed by atoms with van der Waals surface area (Å²) in [6.07, 6.45) is 8.61. The average molecular weight is 338 g/mol. The van der Waals surface area contributed by atoms with Crippen molar-refractivity contribution < 1.29 is 9.53 Å². The first-order chi connectivity index (χ1) is 12.3. The first-order valence-corrected chi connectivity index (χ1v) is 9.60. The van der Waals surface area contributed by atoms with Crippen molar-refractivity contribution in [1.29, 1.82) is 0 Å². The summed E-state index contributed by atoms with van der Waals surface area (Å²) in [7, 11) is 0. The molecule has 0 bridgehead atoms. The van der Waals surface area contributed by atoms with E-state index in [-0.39, 0.29) is 12.1 Å². The van der Waals surface area contributed by atoms with Gasteiger partial charge in [-0.25, -0.2) is 0 Å². The molecule has 0 heterocycles. The number of carbonyl (C=O) groups is 1. The molecule has 2 aromatic carbocycles. The van der Waals surface area contributed by atoms with Gasteiger partial charge in [-0.15, -0.1) is 0 Å². The molecule has 0 amide bonds. The quantitative estimate of drug-likeness (QED) is 0.347. The van der Waals surface area contributed by atoms with Crippen LogP contribution in [0.2, 0.25) is 0 Å². The topological polar surface area (TPSA) is 26.3 Å². The zero-order chi connectivity index (χ0) is 17.7. The first kappa shape index (κ1) is 19.2. The molecular formula is C23H30O2. The third-order valence-corrected chi connectivity index (χ3v) is 4.44. The summed E-state index contributed by atoms with van der Waals surface area (Å²) < 4.78 is 5.83. The highest BCUT2D eigenvalue weighted by Crippen LogP contribution is 2.26. The molecule has 0 spiro atoms. The van der Waals surface area contributed by atoms with Gasteiger partial charge in [0, 0.05) is 6.42 Å². The Morgan fingerprint density at radius 1 is 0.760 bits per heavy atom. The van der Waals surface area contributed by atoms with Crippen molar-refractivity contribution in [3.63, 3.8) is 0 Å². The number of hydrogen-bond donors (Lipinski definition) is 0. The van der Waals surface area contributed by atoms with Crippen LogP contribution in [-0.4, -0.2) is 5.97 Å². The lowest BCUT2D eigenvalue weighted by Gasteiger charge is -2.19. The molecule has 2 aromatic rings. The summed E-state index contributed by atoms with van der Waals surface area (Å²) in [5.74, 6) is -0.105. The van der Waals surface area contributed by atoms with E-state index in [1.165, 1.54) is 32.1 Å². The van der Waals surface area contributed by atoms with Crippen molar-refractivity contribution >= 4 is 5.97 Å².